The molecule has 1 aromatic carbocycles. The SMILES string of the molecule is CNCCC1CCN(C(=O)C(NC(=O)c2ccc(Cl)cc2)C(C)C)CC1.Cl. The van der Waals surface area contributed by atoms with E-state index in [0.29, 0.717) is 16.5 Å². The molecule has 0 spiro atoms. The molecule has 1 aliphatic heterocycles. The van der Waals surface area contributed by atoms with Gasteiger partial charge in [0.1, 0.15) is 6.04 Å². The van der Waals surface area contributed by atoms with Gasteiger partial charge in [0, 0.05) is 23.7 Å². The van der Waals surface area contributed by atoms with Gasteiger partial charge in [-0.3, -0.25) is 9.59 Å². The summed E-state index contributed by atoms with van der Waals surface area (Å²) in [5.74, 6) is 0.487. The second kappa shape index (κ2) is 11.5. The predicted molar refractivity (Wildman–Crippen MR) is 113 cm³/mol. The number of hydrogen-bond acceptors (Lipinski definition) is 3. The highest BCUT2D eigenvalue weighted by Gasteiger charge is 2.31. The first-order valence-corrected chi connectivity index (χ1v) is 9.80. The fourth-order valence-electron chi connectivity index (χ4n) is 3.33. The highest BCUT2D eigenvalue weighted by atomic mass is 35.5. The van der Waals surface area contributed by atoms with Crippen molar-refractivity contribution in [2.75, 3.05) is 26.7 Å². The lowest BCUT2D eigenvalue weighted by Crippen LogP contribution is -2.53. The van der Waals surface area contributed by atoms with Gasteiger partial charge in [0.2, 0.25) is 5.91 Å². The summed E-state index contributed by atoms with van der Waals surface area (Å²) in [6, 6.07) is 6.20. The molecule has 2 N–H and O–H groups in total. The van der Waals surface area contributed by atoms with Crippen LogP contribution < -0.4 is 10.6 Å². The molecule has 0 aliphatic carbocycles. The van der Waals surface area contributed by atoms with Gasteiger partial charge in [-0.05, 0) is 69.0 Å². The number of carbonyl (C=O) groups excluding carboxylic acids is 2. The van der Waals surface area contributed by atoms with Gasteiger partial charge >= 0.3 is 0 Å². The van der Waals surface area contributed by atoms with Gasteiger partial charge in [0.05, 0.1) is 0 Å². The predicted octanol–water partition coefficient (Wildman–Crippen LogP) is 3.36. The molecule has 2 amide bonds. The van der Waals surface area contributed by atoms with Crippen LogP contribution in [0.4, 0.5) is 0 Å². The minimum absolute atomic E-state index is 0. The van der Waals surface area contributed by atoms with Crippen molar-refractivity contribution in [2.45, 2.75) is 39.2 Å². The Balaban J connectivity index is 0.00000364. The van der Waals surface area contributed by atoms with E-state index in [9.17, 15) is 9.59 Å². The summed E-state index contributed by atoms with van der Waals surface area (Å²) >= 11 is 5.87. The van der Waals surface area contributed by atoms with Crippen molar-refractivity contribution in [3.05, 3.63) is 34.9 Å². The summed E-state index contributed by atoms with van der Waals surface area (Å²) in [4.78, 5) is 27.4. The zero-order valence-corrected chi connectivity index (χ0v) is 17.9. The van der Waals surface area contributed by atoms with Gasteiger partial charge in [-0.1, -0.05) is 25.4 Å². The van der Waals surface area contributed by atoms with Crippen LogP contribution in [0.2, 0.25) is 5.02 Å². The summed E-state index contributed by atoms with van der Waals surface area (Å²) in [6.45, 7) is 6.49. The standard InChI is InChI=1S/C20H30ClN3O2.ClH/c1-14(2)18(23-19(25)16-4-6-17(21)7-5-16)20(26)24-12-9-15(10-13-24)8-11-22-3;/h4-7,14-15,18,22H,8-13H2,1-3H3,(H,23,25);1H. The van der Waals surface area contributed by atoms with E-state index in [2.05, 4.69) is 10.6 Å². The molecule has 27 heavy (non-hydrogen) atoms. The van der Waals surface area contributed by atoms with E-state index in [1.807, 2.05) is 25.8 Å². The van der Waals surface area contributed by atoms with Crippen LogP contribution in [0, 0.1) is 11.8 Å². The first-order chi connectivity index (χ1) is 12.4. The Morgan fingerprint density at radius 1 is 1.19 bits per heavy atom. The van der Waals surface area contributed by atoms with Gasteiger partial charge in [-0.15, -0.1) is 12.4 Å². The molecule has 5 nitrogen and oxygen atoms in total. The highest BCUT2D eigenvalue weighted by molar-refractivity contribution is 6.30. The Kier molecular flexibility index (Phi) is 10.1. The zero-order chi connectivity index (χ0) is 19.1. The minimum atomic E-state index is -0.507. The van der Waals surface area contributed by atoms with Crippen molar-refractivity contribution in [2.24, 2.45) is 11.8 Å². The number of amides is 2. The third-order valence-electron chi connectivity index (χ3n) is 5.05. The molecule has 0 saturated carbocycles. The second-order valence-electron chi connectivity index (χ2n) is 7.36. The average molecular weight is 416 g/mol. The van der Waals surface area contributed by atoms with E-state index >= 15 is 0 Å². The molecule has 1 aliphatic rings. The maximum Gasteiger partial charge on any atom is 0.251 e. The van der Waals surface area contributed by atoms with Crippen molar-refractivity contribution in [3.63, 3.8) is 0 Å². The molecule has 1 atom stereocenters. The van der Waals surface area contributed by atoms with Crippen LogP contribution in [0.25, 0.3) is 0 Å². The monoisotopic (exact) mass is 415 g/mol. The first kappa shape index (κ1) is 23.7. The lowest BCUT2D eigenvalue weighted by molar-refractivity contribution is -0.135. The smallest absolute Gasteiger partial charge is 0.251 e. The van der Waals surface area contributed by atoms with Crippen LogP contribution >= 0.6 is 24.0 Å². The van der Waals surface area contributed by atoms with E-state index in [1.165, 1.54) is 0 Å². The van der Waals surface area contributed by atoms with Crippen LogP contribution in [0.5, 0.6) is 0 Å². The molecule has 0 radical (unpaired) electrons. The molecule has 1 unspecified atom stereocenters. The van der Waals surface area contributed by atoms with E-state index in [-0.39, 0.29) is 30.1 Å². The Bertz CT molecular complexity index is 600. The first-order valence-electron chi connectivity index (χ1n) is 9.42. The molecule has 7 heteroatoms. The average Bonchev–Trinajstić information content (AvgIpc) is 2.64. The highest BCUT2D eigenvalue weighted by Crippen LogP contribution is 2.21. The molecule has 1 fully saturated rings. The molecular weight excluding hydrogens is 385 g/mol. The van der Waals surface area contributed by atoms with Crippen molar-refractivity contribution in [1.82, 2.24) is 15.5 Å². The Morgan fingerprint density at radius 2 is 1.78 bits per heavy atom. The molecule has 2 rings (SSSR count). The van der Waals surface area contributed by atoms with Crippen LogP contribution in [-0.2, 0) is 4.79 Å². The third kappa shape index (κ3) is 6.98. The summed E-state index contributed by atoms with van der Waals surface area (Å²) in [5, 5.41) is 6.68. The van der Waals surface area contributed by atoms with E-state index in [1.54, 1.807) is 24.3 Å². The van der Waals surface area contributed by atoms with Crippen molar-refractivity contribution in [3.8, 4) is 0 Å². The molecule has 1 saturated heterocycles. The van der Waals surface area contributed by atoms with Gasteiger partial charge < -0.3 is 15.5 Å². The largest absolute Gasteiger partial charge is 0.341 e. The fraction of sp³-hybridized carbons (Fsp3) is 0.600. The Morgan fingerprint density at radius 3 is 2.30 bits per heavy atom. The van der Waals surface area contributed by atoms with Gasteiger partial charge in [0.25, 0.3) is 5.91 Å². The van der Waals surface area contributed by atoms with Crippen molar-refractivity contribution in [1.29, 1.82) is 0 Å². The summed E-state index contributed by atoms with van der Waals surface area (Å²) < 4.78 is 0. The summed E-state index contributed by atoms with van der Waals surface area (Å²) in [7, 11) is 1.97. The summed E-state index contributed by atoms with van der Waals surface area (Å²) in [6.07, 6.45) is 3.21. The number of likely N-dealkylation sites (tertiary alicyclic amines) is 1. The summed E-state index contributed by atoms with van der Waals surface area (Å²) in [5.41, 5.74) is 0.513. The van der Waals surface area contributed by atoms with E-state index in [0.717, 1.165) is 38.9 Å². The lowest BCUT2D eigenvalue weighted by atomic mass is 9.92. The van der Waals surface area contributed by atoms with Gasteiger partial charge in [-0.2, -0.15) is 0 Å². The maximum absolute atomic E-state index is 13.0. The number of piperidine rings is 1. The number of nitrogens with one attached hydrogen (secondary N) is 2. The topological polar surface area (TPSA) is 61.4 Å². The Hall–Kier alpha value is -1.30. The van der Waals surface area contributed by atoms with E-state index in [4.69, 9.17) is 11.6 Å². The molecule has 0 bridgehead atoms. The lowest BCUT2D eigenvalue weighted by Gasteiger charge is -2.35. The minimum Gasteiger partial charge on any atom is -0.341 e. The number of rotatable bonds is 7. The fourth-order valence-corrected chi connectivity index (χ4v) is 3.45. The quantitative estimate of drug-likeness (QED) is 0.717. The zero-order valence-electron chi connectivity index (χ0n) is 16.3. The van der Waals surface area contributed by atoms with Crippen LogP contribution in [0.1, 0.15) is 43.5 Å². The number of hydrogen-bond donors (Lipinski definition) is 2. The molecule has 152 valence electrons. The molecule has 1 heterocycles. The number of carbonyl (C=O) groups is 2. The molecule has 1 aromatic rings. The third-order valence-corrected chi connectivity index (χ3v) is 5.31. The van der Waals surface area contributed by atoms with Crippen LogP contribution in [0.3, 0.4) is 0 Å². The van der Waals surface area contributed by atoms with Crippen LogP contribution in [-0.4, -0.2) is 49.4 Å². The van der Waals surface area contributed by atoms with Crippen molar-refractivity contribution >= 4 is 35.8 Å². The second-order valence-corrected chi connectivity index (χ2v) is 7.80. The van der Waals surface area contributed by atoms with Gasteiger partial charge in [-0.25, -0.2) is 0 Å². The molecular formula is C20H31Cl2N3O2. The molecule has 0 aromatic heterocycles. The normalized spacial score (nSPS) is 16.0. The Labute approximate surface area is 173 Å². The van der Waals surface area contributed by atoms with Gasteiger partial charge in [0.15, 0.2) is 0 Å². The number of benzene rings is 1. The maximum atomic E-state index is 13.0. The van der Waals surface area contributed by atoms with E-state index < -0.39 is 6.04 Å². The van der Waals surface area contributed by atoms with Crippen LogP contribution in [0.15, 0.2) is 24.3 Å². The van der Waals surface area contributed by atoms with Crippen molar-refractivity contribution < 1.29 is 9.59 Å². The number of nitrogens with zero attached hydrogens (tertiary/aromatic N) is 1. The number of halogens is 2.